The van der Waals surface area contributed by atoms with Crippen LogP contribution in [0.1, 0.15) is 0 Å². The molecule has 3 aromatic rings. The highest BCUT2D eigenvalue weighted by atomic mass is 79.9. The molecule has 170 valence electrons. The SMILES string of the molecule is O=C(Cn1c(=O)n(S(=O)(=O)c2ccc(Br)cc2)c2ccccc21)NCCN1CCOCC1. The van der Waals surface area contributed by atoms with Crippen LogP contribution in [-0.4, -0.2) is 67.2 Å². The van der Waals surface area contributed by atoms with Crippen LogP contribution in [0.5, 0.6) is 0 Å². The first-order chi connectivity index (χ1) is 15.4. The molecule has 0 atom stereocenters. The number of ether oxygens (including phenoxy) is 1. The van der Waals surface area contributed by atoms with Crippen LogP contribution >= 0.6 is 15.9 Å². The van der Waals surface area contributed by atoms with Crippen molar-refractivity contribution >= 4 is 42.9 Å². The number of nitrogens with one attached hydrogen (secondary N) is 1. The average molecular weight is 523 g/mol. The van der Waals surface area contributed by atoms with Crippen molar-refractivity contribution < 1.29 is 17.9 Å². The van der Waals surface area contributed by atoms with E-state index in [9.17, 15) is 18.0 Å². The molecule has 1 aromatic heterocycles. The van der Waals surface area contributed by atoms with Crippen LogP contribution in [0.3, 0.4) is 0 Å². The van der Waals surface area contributed by atoms with Crippen molar-refractivity contribution in [1.29, 1.82) is 0 Å². The zero-order valence-corrected chi connectivity index (χ0v) is 19.6. The molecule has 11 heteroatoms. The quantitative estimate of drug-likeness (QED) is 0.500. The van der Waals surface area contributed by atoms with Crippen LogP contribution in [0.2, 0.25) is 0 Å². The van der Waals surface area contributed by atoms with Gasteiger partial charge in [-0.15, -0.1) is 0 Å². The van der Waals surface area contributed by atoms with Gasteiger partial charge >= 0.3 is 5.69 Å². The van der Waals surface area contributed by atoms with E-state index >= 15 is 0 Å². The number of imidazole rings is 1. The molecule has 9 nitrogen and oxygen atoms in total. The highest BCUT2D eigenvalue weighted by Crippen LogP contribution is 2.21. The summed E-state index contributed by atoms with van der Waals surface area (Å²) in [5, 5.41) is 2.81. The molecule has 1 saturated heterocycles. The Hall–Kier alpha value is -2.47. The topological polar surface area (TPSA) is 103 Å². The normalized spacial score (nSPS) is 15.2. The minimum Gasteiger partial charge on any atom is -0.379 e. The Morgan fingerprint density at radius 1 is 1.03 bits per heavy atom. The Morgan fingerprint density at radius 2 is 1.69 bits per heavy atom. The molecule has 1 N–H and O–H groups in total. The lowest BCUT2D eigenvalue weighted by Crippen LogP contribution is -2.42. The first-order valence-corrected chi connectivity index (χ1v) is 12.4. The molecule has 0 spiro atoms. The predicted molar refractivity (Wildman–Crippen MR) is 123 cm³/mol. The molecule has 1 aliphatic heterocycles. The molecule has 4 rings (SSSR count). The first-order valence-electron chi connectivity index (χ1n) is 10.2. The van der Waals surface area contributed by atoms with Gasteiger partial charge in [-0.05, 0) is 36.4 Å². The molecule has 1 amide bonds. The molecular weight excluding hydrogens is 500 g/mol. The fraction of sp³-hybridized carbons (Fsp3) is 0.333. The minimum absolute atomic E-state index is 0.0133. The van der Waals surface area contributed by atoms with Crippen LogP contribution in [0.25, 0.3) is 11.0 Å². The second kappa shape index (κ2) is 9.57. The van der Waals surface area contributed by atoms with Crippen LogP contribution in [0.4, 0.5) is 0 Å². The van der Waals surface area contributed by atoms with E-state index in [0.717, 1.165) is 21.5 Å². The highest BCUT2D eigenvalue weighted by molar-refractivity contribution is 9.10. The van der Waals surface area contributed by atoms with E-state index in [-0.39, 0.29) is 22.9 Å². The Morgan fingerprint density at radius 3 is 2.38 bits per heavy atom. The van der Waals surface area contributed by atoms with Gasteiger partial charge in [-0.25, -0.2) is 13.2 Å². The van der Waals surface area contributed by atoms with Gasteiger partial charge < -0.3 is 10.1 Å². The molecule has 0 aliphatic carbocycles. The van der Waals surface area contributed by atoms with Crippen molar-refractivity contribution in [3.63, 3.8) is 0 Å². The molecule has 32 heavy (non-hydrogen) atoms. The number of halogens is 1. The van der Waals surface area contributed by atoms with Gasteiger partial charge in [0.2, 0.25) is 5.91 Å². The minimum atomic E-state index is -4.15. The van der Waals surface area contributed by atoms with Gasteiger partial charge in [0.05, 0.1) is 29.1 Å². The number of hydrogen-bond donors (Lipinski definition) is 1. The number of para-hydroxylation sites is 2. The molecule has 1 aliphatic rings. The van der Waals surface area contributed by atoms with Gasteiger partial charge in [0, 0.05) is 30.7 Å². The summed E-state index contributed by atoms with van der Waals surface area (Å²) in [6, 6.07) is 12.6. The predicted octanol–water partition coefficient (Wildman–Crippen LogP) is 1.25. The molecule has 0 unspecified atom stereocenters. The standard InChI is InChI=1S/C21H23BrN4O5S/c22-16-5-7-17(8-6-16)32(29,30)26-19-4-2-1-3-18(19)25(21(26)28)15-20(27)23-9-10-24-11-13-31-14-12-24/h1-8H,9-15H2,(H,23,27). The monoisotopic (exact) mass is 522 g/mol. The van der Waals surface area contributed by atoms with Crippen molar-refractivity contribution in [1.82, 2.24) is 18.8 Å². The Labute approximate surface area is 193 Å². The molecule has 1 fully saturated rings. The van der Waals surface area contributed by atoms with E-state index in [1.807, 2.05) is 0 Å². The number of fused-ring (bicyclic) bond motifs is 1. The molecular formula is C21H23BrN4O5S. The number of nitrogens with zero attached hydrogens (tertiary/aromatic N) is 3. The summed E-state index contributed by atoms with van der Waals surface area (Å²) in [6.45, 7) is 3.83. The third-order valence-corrected chi connectivity index (χ3v) is 7.53. The summed E-state index contributed by atoms with van der Waals surface area (Å²) in [5.41, 5.74) is -0.180. The molecule has 0 saturated carbocycles. The maximum atomic E-state index is 13.2. The van der Waals surface area contributed by atoms with Gasteiger partial charge in [-0.2, -0.15) is 3.97 Å². The van der Waals surface area contributed by atoms with Crippen molar-refractivity contribution in [2.24, 2.45) is 0 Å². The average Bonchev–Trinajstić information content (AvgIpc) is 3.07. The molecule has 0 bridgehead atoms. The number of hydrogen-bond acceptors (Lipinski definition) is 6. The highest BCUT2D eigenvalue weighted by Gasteiger charge is 2.26. The number of carbonyl (C=O) groups is 1. The Balaban J connectivity index is 1.59. The Kier molecular flexibility index (Phi) is 6.79. The Bertz CT molecular complexity index is 1280. The number of benzene rings is 2. The molecule has 2 heterocycles. The smallest absolute Gasteiger partial charge is 0.343 e. The summed E-state index contributed by atoms with van der Waals surface area (Å²) in [6.07, 6.45) is 0. The van der Waals surface area contributed by atoms with E-state index in [0.29, 0.717) is 31.8 Å². The fourth-order valence-corrected chi connectivity index (χ4v) is 5.33. The number of aromatic nitrogens is 2. The van der Waals surface area contributed by atoms with Crippen molar-refractivity contribution in [3.05, 3.63) is 63.5 Å². The summed E-state index contributed by atoms with van der Waals surface area (Å²) < 4.78 is 34.5. The van der Waals surface area contributed by atoms with E-state index in [2.05, 4.69) is 26.1 Å². The van der Waals surface area contributed by atoms with Gasteiger partial charge in [0.25, 0.3) is 10.0 Å². The maximum Gasteiger partial charge on any atom is 0.343 e. The number of carbonyl (C=O) groups excluding carboxylic acids is 1. The van der Waals surface area contributed by atoms with Gasteiger partial charge in [0.15, 0.2) is 0 Å². The second-order valence-electron chi connectivity index (χ2n) is 7.38. The summed E-state index contributed by atoms with van der Waals surface area (Å²) in [4.78, 5) is 27.9. The first kappa shape index (κ1) is 22.7. The van der Waals surface area contributed by atoms with Crippen molar-refractivity contribution in [2.45, 2.75) is 11.4 Å². The van der Waals surface area contributed by atoms with Crippen LogP contribution in [0.15, 0.2) is 62.7 Å². The lowest BCUT2D eigenvalue weighted by molar-refractivity contribution is -0.121. The van der Waals surface area contributed by atoms with Crippen molar-refractivity contribution in [3.8, 4) is 0 Å². The number of rotatable bonds is 7. The van der Waals surface area contributed by atoms with Crippen LogP contribution < -0.4 is 11.0 Å². The van der Waals surface area contributed by atoms with Crippen LogP contribution in [0, 0.1) is 0 Å². The van der Waals surface area contributed by atoms with Gasteiger partial charge in [0.1, 0.15) is 6.54 Å². The third kappa shape index (κ3) is 4.65. The number of amides is 1. The molecule has 0 radical (unpaired) electrons. The summed E-state index contributed by atoms with van der Waals surface area (Å²) in [5.74, 6) is -0.357. The lowest BCUT2D eigenvalue weighted by atomic mass is 10.3. The fourth-order valence-electron chi connectivity index (χ4n) is 3.65. The van der Waals surface area contributed by atoms with E-state index in [1.54, 1.807) is 36.4 Å². The third-order valence-electron chi connectivity index (χ3n) is 5.30. The van der Waals surface area contributed by atoms with E-state index in [4.69, 9.17) is 4.74 Å². The van der Waals surface area contributed by atoms with Gasteiger partial charge in [-0.3, -0.25) is 14.3 Å². The zero-order chi connectivity index (χ0) is 22.7. The zero-order valence-electron chi connectivity index (χ0n) is 17.2. The van der Waals surface area contributed by atoms with E-state index < -0.39 is 15.7 Å². The number of morpholine rings is 1. The van der Waals surface area contributed by atoms with Crippen molar-refractivity contribution in [2.75, 3.05) is 39.4 Å². The second-order valence-corrected chi connectivity index (χ2v) is 10.1. The van der Waals surface area contributed by atoms with Crippen LogP contribution in [-0.2, 0) is 26.1 Å². The molecule has 2 aromatic carbocycles. The largest absolute Gasteiger partial charge is 0.379 e. The maximum absolute atomic E-state index is 13.2. The van der Waals surface area contributed by atoms with Gasteiger partial charge in [-0.1, -0.05) is 28.1 Å². The summed E-state index contributed by atoms with van der Waals surface area (Å²) >= 11 is 3.28. The summed E-state index contributed by atoms with van der Waals surface area (Å²) in [7, 11) is -4.15. The lowest BCUT2D eigenvalue weighted by Gasteiger charge is -2.26. The van der Waals surface area contributed by atoms with E-state index in [1.165, 1.54) is 16.7 Å².